The molecule has 0 bridgehead atoms. The van der Waals surface area contributed by atoms with Gasteiger partial charge in [-0.05, 0) is 55.4 Å². The zero-order valence-electron chi connectivity index (χ0n) is 16.8. The van der Waals surface area contributed by atoms with Crippen molar-refractivity contribution in [1.29, 1.82) is 0 Å². The second-order valence-corrected chi connectivity index (χ2v) is 7.06. The minimum atomic E-state index is -0.736. The molecule has 0 atom stereocenters. The highest BCUT2D eigenvalue weighted by atomic mass is 19.1. The van der Waals surface area contributed by atoms with Crippen LogP contribution in [-0.4, -0.2) is 56.1 Å². The van der Waals surface area contributed by atoms with Gasteiger partial charge < -0.3 is 19.9 Å². The van der Waals surface area contributed by atoms with Crippen LogP contribution in [0.4, 0.5) is 15.8 Å². The molecule has 1 fully saturated rings. The molecule has 1 aliphatic rings. The summed E-state index contributed by atoms with van der Waals surface area (Å²) in [5.41, 5.74) is 2.26. The monoisotopic (exact) mass is 399 g/mol. The molecule has 0 radical (unpaired) electrons. The molecule has 1 aliphatic heterocycles. The third-order valence-electron chi connectivity index (χ3n) is 5.08. The van der Waals surface area contributed by atoms with Gasteiger partial charge in [0, 0.05) is 37.6 Å². The summed E-state index contributed by atoms with van der Waals surface area (Å²) in [6, 6.07) is 11.7. The fourth-order valence-corrected chi connectivity index (χ4v) is 3.21. The number of esters is 1. The minimum absolute atomic E-state index is 0.0772. The summed E-state index contributed by atoms with van der Waals surface area (Å²) < 4.78 is 18.5. The van der Waals surface area contributed by atoms with Crippen molar-refractivity contribution in [2.24, 2.45) is 0 Å². The van der Waals surface area contributed by atoms with Gasteiger partial charge in [-0.1, -0.05) is 13.0 Å². The van der Waals surface area contributed by atoms with E-state index in [1.807, 2.05) is 24.3 Å². The zero-order valence-corrected chi connectivity index (χ0v) is 16.8. The third-order valence-corrected chi connectivity index (χ3v) is 5.08. The van der Waals surface area contributed by atoms with Crippen LogP contribution >= 0.6 is 0 Å². The fourth-order valence-electron chi connectivity index (χ4n) is 3.21. The Balaban J connectivity index is 1.48. The molecule has 1 heterocycles. The lowest BCUT2D eigenvalue weighted by Gasteiger charge is -2.35. The molecule has 0 aliphatic carbocycles. The number of piperazine rings is 1. The number of anilines is 2. The summed E-state index contributed by atoms with van der Waals surface area (Å²) in [6.07, 6.45) is 0. The van der Waals surface area contributed by atoms with Gasteiger partial charge in [0.15, 0.2) is 6.61 Å². The van der Waals surface area contributed by atoms with Gasteiger partial charge >= 0.3 is 5.97 Å². The van der Waals surface area contributed by atoms with Crippen molar-refractivity contribution in [2.75, 3.05) is 49.5 Å². The number of hydrogen-bond acceptors (Lipinski definition) is 5. The highest BCUT2D eigenvalue weighted by Crippen LogP contribution is 2.19. The predicted molar refractivity (Wildman–Crippen MR) is 111 cm³/mol. The first-order valence-electron chi connectivity index (χ1n) is 9.76. The first-order valence-corrected chi connectivity index (χ1v) is 9.76. The van der Waals surface area contributed by atoms with Gasteiger partial charge in [0.05, 0.1) is 5.56 Å². The second kappa shape index (κ2) is 9.52. The maximum atomic E-state index is 13.5. The molecule has 29 heavy (non-hydrogen) atoms. The van der Waals surface area contributed by atoms with Gasteiger partial charge in [-0.3, -0.25) is 4.79 Å². The number of benzene rings is 2. The van der Waals surface area contributed by atoms with Crippen LogP contribution in [0.25, 0.3) is 0 Å². The Bertz CT molecular complexity index is 862. The zero-order chi connectivity index (χ0) is 20.8. The van der Waals surface area contributed by atoms with E-state index >= 15 is 0 Å². The van der Waals surface area contributed by atoms with E-state index in [4.69, 9.17) is 4.74 Å². The number of nitrogens with zero attached hydrogens (tertiary/aromatic N) is 2. The van der Waals surface area contributed by atoms with E-state index in [9.17, 15) is 14.0 Å². The Morgan fingerprint density at radius 2 is 1.76 bits per heavy atom. The van der Waals surface area contributed by atoms with Crippen molar-refractivity contribution in [3.8, 4) is 0 Å². The maximum absolute atomic E-state index is 13.5. The van der Waals surface area contributed by atoms with Crippen molar-refractivity contribution in [2.45, 2.75) is 13.8 Å². The summed E-state index contributed by atoms with van der Waals surface area (Å²) in [4.78, 5) is 28.7. The van der Waals surface area contributed by atoms with Gasteiger partial charge in [0.2, 0.25) is 0 Å². The molecule has 7 heteroatoms. The molecule has 1 N–H and O–H groups in total. The number of halogens is 1. The van der Waals surface area contributed by atoms with Crippen LogP contribution in [0.5, 0.6) is 0 Å². The molecule has 6 nitrogen and oxygen atoms in total. The van der Waals surface area contributed by atoms with E-state index in [2.05, 4.69) is 22.0 Å². The van der Waals surface area contributed by atoms with Crippen LogP contribution in [0.15, 0.2) is 42.5 Å². The Morgan fingerprint density at radius 3 is 2.38 bits per heavy atom. The number of hydrogen-bond donors (Lipinski definition) is 1. The van der Waals surface area contributed by atoms with Gasteiger partial charge in [0.25, 0.3) is 5.91 Å². The van der Waals surface area contributed by atoms with Crippen LogP contribution < -0.4 is 10.2 Å². The number of carbonyl (C=O) groups is 2. The van der Waals surface area contributed by atoms with Crippen molar-refractivity contribution < 1.29 is 18.7 Å². The smallest absolute Gasteiger partial charge is 0.338 e. The van der Waals surface area contributed by atoms with Gasteiger partial charge in [-0.25, -0.2) is 9.18 Å². The van der Waals surface area contributed by atoms with Crippen LogP contribution in [0.1, 0.15) is 22.8 Å². The molecule has 0 aromatic heterocycles. The number of nitrogens with one attached hydrogen (secondary N) is 1. The normalized spacial score (nSPS) is 14.5. The molecule has 0 spiro atoms. The van der Waals surface area contributed by atoms with E-state index in [0.29, 0.717) is 11.3 Å². The predicted octanol–water partition coefficient (Wildman–Crippen LogP) is 3.07. The van der Waals surface area contributed by atoms with E-state index in [-0.39, 0.29) is 5.56 Å². The number of aryl methyl sites for hydroxylation is 1. The highest BCUT2D eigenvalue weighted by molar-refractivity contribution is 5.95. The average molecular weight is 399 g/mol. The second-order valence-electron chi connectivity index (χ2n) is 7.06. The van der Waals surface area contributed by atoms with Crippen LogP contribution in [-0.2, 0) is 9.53 Å². The van der Waals surface area contributed by atoms with Crippen molar-refractivity contribution in [1.82, 2.24) is 4.90 Å². The van der Waals surface area contributed by atoms with Crippen LogP contribution in [0.3, 0.4) is 0 Å². The lowest BCUT2D eigenvalue weighted by molar-refractivity contribution is -0.119. The Morgan fingerprint density at radius 1 is 1.07 bits per heavy atom. The number of carbonyl (C=O) groups excluding carboxylic acids is 2. The summed E-state index contributed by atoms with van der Waals surface area (Å²) >= 11 is 0. The molecule has 1 saturated heterocycles. The van der Waals surface area contributed by atoms with E-state index in [1.54, 1.807) is 6.92 Å². The molecule has 1 amide bonds. The summed E-state index contributed by atoms with van der Waals surface area (Å²) in [5.74, 6) is -1.67. The lowest BCUT2D eigenvalue weighted by Crippen LogP contribution is -2.46. The number of ether oxygens (including phenoxy) is 1. The molecule has 2 aromatic rings. The Kier molecular flexibility index (Phi) is 6.82. The molecular weight excluding hydrogens is 373 g/mol. The standard InChI is InChI=1S/C22H26FN3O3/c1-3-25-10-12-26(13-11-25)19-8-6-18(7-9-19)24-21(27)15-29-22(28)17-5-4-16(2)20(23)14-17/h4-9,14H,3,10-13,15H2,1-2H3,(H,24,27). The Hall–Kier alpha value is -2.93. The SMILES string of the molecule is CCN1CCN(c2ccc(NC(=O)COC(=O)c3ccc(C)c(F)c3)cc2)CC1. The third kappa shape index (κ3) is 5.54. The quantitative estimate of drug-likeness (QED) is 0.757. The molecule has 3 rings (SSSR count). The Labute approximate surface area is 170 Å². The van der Waals surface area contributed by atoms with Gasteiger partial charge in [0.1, 0.15) is 5.82 Å². The topological polar surface area (TPSA) is 61.9 Å². The molecule has 0 saturated carbocycles. The molecule has 2 aromatic carbocycles. The lowest BCUT2D eigenvalue weighted by atomic mass is 10.1. The summed E-state index contributed by atoms with van der Waals surface area (Å²) in [5, 5.41) is 2.70. The largest absolute Gasteiger partial charge is 0.452 e. The molecular formula is C22H26FN3O3. The van der Waals surface area contributed by atoms with Crippen LogP contribution in [0, 0.1) is 12.7 Å². The minimum Gasteiger partial charge on any atom is -0.452 e. The van der Waals surface area contributed by atoms with Gasteiger partial charge in [-0.2, -0.15) is 0 Å². The molecule has 154 valence electrons. The summed E-state index contributed by atoms with van der Waals surface area (Å²) in [6.45, 7) is 8.47. The van der Waals surface area contributed by atoms with Crippen molar-refractivity contribution in [3.05, 3.63) is 59.4 Å². The first-order chi connectivity index (χ1) is 14.0. The first kappa shape index (κ1) is 20.8. The fraction of sp³-hybridized carbons (Fsp3) is 0.364. The van der Waals surface area contributed by atoms with E-state index < -0.39 is 24.3 Å². The number of rotatable bonds is 6. The van der Waals surface area contributed by atoms with Crippen LogP contribution in [0.2, 0.25) is 0 Å². The molecule has 0 unspecified atom stereocenters. The van der Waals surface area contributed by atoms with E-state index in [0.717, 1.165) is 44.5 Å². The maximum Gasteiger partial charge on any atom is 0.338 e. The van der Waals surface area contributed by atoms with E-state index in [1.165, 1.54) is 12.1 Å². The number of likely N-dealkylation sites (N-methyl/N-ethyl adjacent to an activating group) is 1. The van der Waals surface area contributed by atoms with Crippen molar-refractivity contribution >= 4 is 23.3 Å². The van der Waals surface area contributed by atoms with Crippen molar-refractivity contribution in [3.63, 3.8) is 0 Å². The van der Waals surface area contributed by atoms with Gasteiger partial charge in [-0.15, -0.1) is 0 Å². The average Bonchev–Trinajstić information content (AvgIpc) is 2.74. The summed E-state index contributed by atoms with van der Waals surface area (Å²) in [7, 11) is 0. The number of amides is 1. The highest BCUT2D eigenvalue weighted by Gasteiger charge is 2.16.